The maximum atomic E-state index is 4.49. The van der Waals surface area contributed by atoms with E-state index in [1.807, 2.05) is 6.20 Å². The minimum atomic E-state index is 0.435. The Morgan fingerprint density at radius 1 is 1.19 bits per heavy atom. The van der Waals surface area contributed by atoms with Crippen molar-refractivity contribution in [1.29, 1.82) is 0 Å². The van der Waals surface area contributed by atoms with Crippen LogP contribution >= 0.6 is 0 Å². The van der Waals surface area contributed by atoms with Crippen molar-refractivity contribution in [3.8, 4) is 0 Å². The summed E-state index contributed by atoms with van der Waals surface area (Å²) in [5, 5.41) is 7.95. The average Bonchev–Trinajstić information content (AvgIpc) is 2.57. The molecule has 0 amide bonds. The molecule has 0 atom stereocenters. The summed E-state index contributed by atoms with van der Waals surface area (Å²) in [5.74, 6) is 0.522. The third kappa shape index (κ3) is 3.08. The largest absolute Gasteiger partial charge is 0.310 e. The molecule has 1 aromatic heterocycles. The summed E-state index contributed by atoms with van der Waals surface area (Å²) in [5.41, 5.74) is 2.69. The average molecular weight is 223 g/mol. The topological polar surface area (TPSA) is 29.9 Å². The Hall–Kier alpha value is -0.830. The van der Waals surface area contributed by atoms with Crippen LogP contribution in [-0.2, 0) is 6.54 Å². The highest BCUT2D eigenvalue weighted by Gasteiger charge is 2.15. The van der Waals surface area contributed by atoms with Gasteiger partial charge in [0.25, 0.3) is 0 Å². The molecule has 0 spiro atoms. The fraction of sp³-hybridized carbons (Fsp3) is 0.769. The lowest BCUT2D eigenvalue weighted by atomic mass is 10.1. The van der Waals surface area contributed by atoms with E-state index in [4.69, 9.17) is 0 Å². The van der Waals surface area contributed by atoms with Crippen LogP contribution in [0.5, 0.6) is 0 Å². The van der Waals surface area contributed by atoms with Crippen LogP contribution in [0.25, 0.3) is 0 Å². The molecule has 0 aliphatic rings. The molecule has 0 bridgehead atoms. The molecular formula is C13H25N3. The Labute approximate surface area is 99.2 Å². The second kappa shape index (κ2) is 5.48. The fourth-order valence-electron chi connectivity index (χ4n) is 1.90. The van der Waals surface area contributed by atoms with Crippen LogP contribution in [0, 0.1) is 0 Å². The van der Waals surface area contributed by atoms with Gasteiger partial charge in [-0.15, -0.1) is 0 Å². The maximum absolute atomic E-state index is 4.49. The molecule has 0 radical (unpaired) electrons. The lowest BCUT2D eigenvalue weighted by Gasteiger charge is -2.16. The van der Waals surface area contributed by atoms with Crippen LogP contribution in [0.1, 0.15) is 64.8 Å². The van der Waals surface area contributed by atoms with E-state index in [9.17, 15) is 0 Å². The Balaban J connectivity index is 2.92. The van der Waals surface area contributed by atoms with E-state index >= 15 is 0 Å². The molecule has 92 valence electrons. The van der Waals surface area contributed by atoms with E-state index in [0.29, 0.717) is 18.0 Å². The second-order valence-corrected chi connectivity index (χ2v) is 5.28. The van der Waals surface area contributed by atoms with Gasteiger partial charge in [-0.2, -0.15) is 5.10 Å². The molecule has 1 rings (SSSR count). The highest BCUT2D eigenvalue weighted by Crippen LogP contribution is 2.22. The first kappa shape index (κ1) is 13.2. The molecule has 0 aliphatic heterocycles. The van der Waals surface area contributed by atoms with E-state index in [2.05, 4.69) is 56.6 Å². The first-order chi connectivity index (χ1) is 7.43. The van der Waals surface area contributed by atoms with Crippen LogP contribution in [0.2, 0.25) is 0 Å². The number of hydrogen-bond donors (Lipinski definition) is 1. The van der Waals surface area contributed by atoms with Crippen molar-refractivity contribution < 1.29 is 0 Å². The highest BCUT2D eigenvalue weighted by atomic mass is 15.3. The smallest absolute Gasteiger partial charge is 0.0537 e. The van der Waals surface area contributed by atoms with Gasteiger partial charge in [0.2, 0.25) is 0 Å². The van der Waals surface area contributed by atoms with E-state index in [-0.39, 0.29) is 0 Å². The van der Waals surface area contributed by atoms with Crippen LogP contribution < -0.4 is 5.32 Å². The molecule has 1 N–H and O–H groups in total. The minimum Gasteiger partial charge on any atom is -0.310 e. The maximum Gasteiger partial charge on any atom is 0.0537 e. The monoisotopic (exact) mass is 223 g/mol. The number of rotatable bonds is 5. The summed E-state index contributed by atoms with van der Waals surface area (Å²) in [6, 6.07) is 0.951. The molecular weight excluding hydrogens is 198 g/mol. The van der Waals surface area contributed by atoms with Crippen LogP contribution in [0.15, 0.2) is 6.20 Å². The molecule has 16 heavy (non-hydrogen) atoms. The SMILES string of the molecule is CC(C)NCc1cnn(C(C)C)c1C(C)C. The van der Waals surface area contributed by atoms with Crippen molar-refractivity contribution in [1.82, 2.24) is 15.1 Å². The molecule has 3 nitrogen and oxygen atoms in total. The van der Waals surface area contributed by atoms with Crippen LogP contribution in [0.3, 0.4) is 0 Å². The van der Waals surface area contributed by atoms with Gasteiger partial charge in [-0.1, -0.05) is 27.7 Å². The fourth-order valence-corrected chi connectivity index (χ4v) is 1.90. The van der Waals surface area contributed by atoms with Crippen molar-refractivity contribution in [2.45, 2.75) is 66.1 Å². The Bertz CT molecular complexity index is 324. The van der Waals surface area contributed by atoms with Crippen molar-refractivity contribution in [2.24, 2.45) is 0 Å². The van der Waals surface area contributed by atoms with Crippen molar-refractivity contribution in [2.75, 3.05) is 0 Å². The zero-order chi connectivity index (χ0) is 12.3. The van der Waals surface area contributed by atoms with Crippen molar-refractivity contribution >= 4 is 0 Å². The predicted molar refractivity (Wildman–Crippen MR) is 68.7 cm³/mol. The lowest BCUT2D eigenvalue weighted by Crippen LogP contribution is -2.22. The summed E-state index contributed by atoms with van der Waals surface area (Å²) in [6.45, 7) is 14.1. The van der Waals surface area contributed by atoms with Gasteiger partial charge in [0.1, 0.15) is 0 Å². The summed E-state index contributed by atoms with van der Waals surface area (Å²) >= 11 is 0. The summed E-state index contributed by atoms with van der Waals surface area (Å²) in [4.78, 5) is 0. The normalized spacial score (nSPS) is 12.1. The zero-order valence-electron chi connectivity index (χ0n) is 11.4. The molecule has 1 aromatic rings. The molecule has 3 heteroatoms. The predicted octanol–water partition coefficient (Wildman–Crippen LogP) is 3.09. The van der Waals surface area contributed by atoms with E-state index in [1.54, 1.807) is 0 Å². The molecule has 0 saturated heterocycles. The standard InChI is InChI=1S/C13H25N3/c1-9(2)13-12(7-14-10(3)4)8-15-16(13)11(5)6/h8-11,14H,7H2,1-6H3. The van der Waals surface area contributed by atoms with Gasteiger partial charge in [-0.3, -0.25) is 4.68 Å². The third-order valence-corrected chi connectivity index (χ3v) is 2.65. The van der Waals surface area contributed by atoms with Crippen molar-refractivity contribution in [3.63, 3.8) is 0 Å². The number of nitrogens with one attached hydrogen (secondary N) is 1. The van der Waals surface area contributed by atoms with E-state index in [1.165, 1.54) is 11.3 Å². The van der Waals surface area contributed by atoms with E-state index < -0.39 is 0 Å². The lowest BCUT2D eigenvalue weighted by molar-refractivity contribution is 0.493. The van der Waals surface area contributed by atoms with Gasteiger partial charge in [-0.05, 0) is 19.8 Å². The van der Waals surface area contributed by atoms with Crippen molar-refractivity contribution in [3.05, 3.63) is 17.5 Å². The molecule has 0 aliphatic carbocycles. The molecule has 0 aromatic carbocycles. The minimum absolute atomic E-state index is 0.435. The van der Waals surface area contributed by atoms with Crippen LogP contribution in [-0.4, -0.2) is 15.8 Å². The summed E-state index contributed by atoms with van der Waals surface area (Å²) < 4.78 is 2.14. The quantitative estimate of drug-likeness (QED) is 0.831. The molecule has 0 unspecified atom stereocenters. The Morgan fingerprint density at radius 3 is 2.25 bits per heavy atom. The number of aromatic nitrogens is 2. The number of nitrogens with zero attached hydrogens (tertiary/aromatic N) is 2. The molecule has 0 fully saturated rings. The van der Waals surface area contributed by atoms with E-state index in [0.717, 1.165) is 6.54 Å². The molecule has 0 saturated carbocycles. The number of hydrogen-bond acceptors (Lipinski definition) is 2. The summed E-state index contributed by atoms with van der Waals surface area (Å²) in [7, 11) is 0. The first-order valence-electron chi connectivity index (χ1n) is 6.23. The highest BCUT2D eigenvalue weighted by molar-refractivity contribution is 5.21. The third-order valence-electron chi connectivity index (χ3n) is 2.65. The summed E-state index contributed by atoms with van der Waals surface area (Å²) in [6.07, 6.45) is 2.00. The van der Waals surface area contributed by atoms with Gasteiger partial charge >= 0.3 is 0 Å². The van der Waals surface area contributed by atoms with Gasteiger partial charge in [-0.25, -0.2) is 0 Å². The van der Waals surface area contributed by atoms with Gasteiger partial charge in [0.15, 0.2) is 0 Å². The van der Waals surface area contributed by atoms with Gasteiger partial charge < -0.3 is 5.32 Å². The molecule has 1 heterocycles. The second-order valence-electron chi connectivity index (χ2n) is 5.28. The van der Waals surface area contributed by atoms with Gasteiger partial charge in [0.05, 0.1) is 6.20 Å². The Morgan fingerprint density at radius 2 is 1.81 bits per heavy atom. The van der Waals surface area contributed by atoms with Crippen LogP contribution in [0.4, 0.5) is 0 Å². The van der Waals surface area contributed by atoms with Gasteiger partial charge in [0, 0.05) is 29.9 Å². The first-order valence-corrected chi connectivity index (χ1v) is 6.23. The Kier molecular flexibility index (Phi) is 4.54. The zero-order valence-corrected chi connectivity index (χ0v) is 11.4.